The van der Waals surface area contributed by atoms with Crippen LogP contribution in [0.15, 0.2) is 6.20 Å². The minimum atomic E-state index is -1.11. The molecule has 0 saturated carbocycles. The molecule has 0 aliphatic carbocycles. The maximum absolute atomic E-state index is 11.4. The molecule has 98 valence electrons. The van der Waals surface area contributed by atoms with Gasteiger partial charge in [-0.2, -0.15) is 0 Å². The summed E-state index contributed by atoms with van der Waals surface area (Å²) in [5, 5.41) is 11.1. The quantitative estimate of drug-likeness (QED) is 0.833. The lowest BCUT2D eigenvalue weighted by atomic mass is 10.2. The Labute approximate surface area is 104 Å². The van der Waals surface area contributed by atoms with Gasteiger partial charge in [-0.05, 0) is 27.7 Å². The zero-order valence-corrected chi connectivity index (χ0v) is 10.6. The number of ether oxygens (including phenoxy) is 1. The fourth-order valence-electron chi connectivity index (χ4n) is 1.13. The van der Waals surface area contributed by atoms with Crippen molar-refractivity contribution in [3.05, 3.63) is 17.5 Å². The lowest BCUT2D eigenvalue weighted by molar-refractivity contribution is 0.0633. The molecule has 2 N–H and O–H groups in total. The minimum Gasteiger partial charge on any atom is -0.478 e. The number of carbonyl (C=O) groups excluding carboxylic acids is 1. The smallest absolute Gasteiger partial charge is 0.414 e. The van der Waals surface area contributed by atoms with Crippen LogP contribution < -0.4 is 5.32 Å². The van der Waals surface area contributed by atoms with Gasteiger partial charge >= 0.3 is 12.1 Å². The molecule has 0 radical (unpaired) electrons. The Morgan fingerprint density at radius 3 is 2.44 bits per heavy atom. The molecule has 1 amide bonds. The van der Waals surface area contributed by atoms with E-state index in [2.05, 4.69) is 15.3 Å². The van der Waals surface area contributed by atoms with Crippen LogP contribution in [-0.4, -0.2) is 32.7 Å². The van der Waals surface area contributed by atoms with Gasteiger partial charge in [-0.3, -0.25) is 5.32 Å². The summed E-state index contributed by atoms with van der Waals surface area (Å²) in [6, 6.07) is 0. The van der Waals surface area contributed by atoms with E-state index in [0.29, 0.717) is 0 Å². The number of aromatic carboxylic acids is 1. The molecule has 7 heteroatoms. The summed E-state index contributed by atoms with van der Waals surface area (Å²) in [6.07, 6.45) is 0.446. The average Bonchev–Trinajstić information content (AvgIpc) is 2.13. The van der Waals surface area contributed by atoms with Crippen molar-refractivity contribution in [2.24, 2.45) is 0 Å². The SMILES string of the molecule is Cc1nc(NC(=O)OC(C)(C)C)ncc1C(=O)O. The highest BCUT2D eigenvalue weighted by molar-refractivity contribution is 5.89. The Morgan fingerprint density at radius 1 is 1.39 bits per heavy atom. The molecule has 1 aromatic heterocycles. The van der Waals surface area contributed by atoms with Crippen LogP contribution in [-0.2, 0) is 4.74 Å². The molecule has 0 bridgehead atoms. The number of carbonyl (C=O) groups is 2. The lowest BCUT2D eigenvalue weighted by Gasteiger charge is -2.19. The van der Waals surface area contributed by atoms with E-state index in [9.17, 15) is 9.59 Å². The van der Waals surface area contributed by atoms with Crippen molar-refractivity contribution in [3.8, 4) is 0 Å². The van der Waals surface area contributed by atoms with Crippen molar-refractivity contribution < 1.29 is 19.4 Å². The topological polar surface area (TPSA) is 101 Å². The standard InChI is InChI=1S/C11H15N3O4/c1-6-7(8(15)16)5-12-9(13-6)14-10(17)18-11(2,3)4/h5H,1-4H3,(H,15,16)(H,12,13,14,17). The largest absolute Gasteiger partial charge is 0.478 e. The molecule has 1 heterocycles. The number of amides is 1. The highest BCUT2D eigenvalue weighted by Gasteiger charge is 2.17. The Bertz CT molecular complexity index is 480. The summed E-state index contributed by atoms with van der Waals surface area (Å²) < 4.78 is 5.01. The summed E-state index contributed by atoms with van der Waals surface area (Å²) in [5.41, 5.74) is -0.367. The second-order valence-corrected chi connectivity index (χ2v) is 4.62. The molecule has 0 atom stereocenters. The van der Waals surface area contributed by atoms with Gasteiger partial charge in [0.05, 0.1) is 11.3 Å². The number of carboxylic acids is 1. The first-order valence-electron chi connectivity index (χ1n) is 5.26. The Balaban J connectivity index is 2.78. The van der Waals surface area contributed by atoms with E-state index in [0.717, 1.165) is 6.20 Å². The van der Waals surface area contributed by atoms with Crippen LogP contribution in [0.1, 0.15) is 36.8 Å². The van der Waals surface area contributed by atoms with Crippen molar-refractivity contribution in [3.63, 3.8) is 0 Å². The predicted octanol–water partition coefficient (Wildman–Crippen LogP) is 1.83. The molecule has 0 unspecified atom stereocenters. The van der Waals surface area contributed by atoms with E-state index in [-0.39, 0.29) is 17.2 Å². The maximum Gasteiger partial charge on any atom is 0.414 e. The average molecular weight is 253 g/mol. The van der Waals surface area contributed by atoms with E-state index in [1.807, 2.05) is 0 Å². The Hall–Kier alpha value is -2.18. The van der Waals surface area contributed by atoms with Crippen LogP contribution in [0, 0.1) is 6.92 Å². The normalized spacial score (nSPS) is 10.9. The molecule has 7 nitrogen and oxygen atoms in total. The molecule has 0 aromatic carbocycles. The van der Waals surface area contributed by atoms with Gasteiger partial charge in [0.15, 0.2) is 0 Å². The van der Waals surface area contributed by atoms with Gasteiger partial charge in [-0.25, -0.2) is 19.6 Å². The Kier molecular flexibility index (Phi) is 3.85. The molecule has 0 spiro atoms. The number of aryl methyl sites for hydroxylation is 1. The summed E-state index contributed by atoms with van der Waals surface area (Å²) in [6.45, 7) is 6.70. The summed E-state index contributed by atoms with van der Waals surface area (Å²) in [4.78, 5) is 29.8. The van der Waals surface area contributed by atoms with Crippen LogP contribution in [0.3, 0.4) is 0 Å². The minimum absolute atomic E-state index is 0.00625. The summed E-state index contributed by atoms with van der Waals surface area (Å²) >= 11 is 0. The van der Waals surface area contributed by atoms with E-state index in [1.54, 1.807) is 20.8 Å². The zero-order valence-electron chi connectivity index (χ0n) is 10.6. The van der Waals surface area contributed by atoms with Crippen LogP contribution in [0.2, 0.25) is 0 Å². The summed E-state index contributed by atoms with van der Waals surface area (Å²) in [5.74, 6) is -1.11. The highest BCUT2D eigenvalue weighted by atomic mass is 16.6. The zero-order chi connectivity index (χ0) is 13.9. The first-order chi connectivity index (χ1) is 8.19. The monoisotopic (exact) mass is 253 g/mol. The second-order valence-electron chi connectivity index (χ2n) is 4.62. The third kappa shape index (κ3) is 4.00. The summed E-state index contributed by atoms with van der Waals surface area (Å²) in [7, 11) is 0. The van der Waals surface area contributed by atoms with Crippen LogP contribution in [0.5, 0.6) is 0 Å². The first-order valence-corrected chi connectivity index (χ1v) is 5.26. The number of nitrogens with one attached hydrogen (secondary N) is 1. The van der Waals surface area contributed by atoms with Crippen molar-refractivity contribution in [2.75, 3.05) is 5.32 Å². The van der Waals surface area contributed by atoms with Gasteiger partial charge in [0.1, 0.15) is 5.60 Å². The van der Waals surface area contributed by atoms with E-state index < -0.39 is 17.7 Å². The lowest BCUT2D eigenvalue weighted by Crippen LogP contribution is -2.28. The Morgan fingerprint density at radius 2 is 2.00 bits per heavy atom. The van der Waals surface area contributed by atoms with Gasteiger partial charge < -0.3 is 9.84 Å². The fourth-order valence-corrected chi connectivity index (χ4v) is 1.13. The van der Waals surface area contributed by atoms with Crippen molar-refractivity contribution >= 4 is 18.0 Å². The predicted molar refractivity (Wildman–Crippen MR) is 63.6 cm³/mol. The van der Waals surface area contributed by atoms with Crippen molar-refractivity contribution in [2.45, 2.75) is 33.3 Å². The van der Waals surface area contributed by atoms with Gasteiger partial charge in [0.25, 0.3) is 0 Å². The van der Waals surface area contributed by atoms with Crippen LogP contribution in [0.25, 0.3) is 0 Å². The fraction of sp³-hybridized carbons (Fsp3) is 0.455. The first kappa shape index (κ1) is 13.9. The molecule has 0 aliphatic rings. The second kappa shape index (κ2) is 4.99. The number of hydrogen-bond donors (Lipinski definition) is 2. The number of nitrogens with zero attached hydrogens (tertiary/aromatic N) is 2. The molecule has 0 saturated heterocycles. The van der Waals surface area contributed by atoms with Gasteiger partial charge in [0, 0.05) is 6.20 Å². The van der Waals surface area contributed by atoms with Crippen LogP contribution >= 0.6 is 0 Å². The van der Waals surface area contributed by atoms with Gasteiger partial charge in [-0.1, -0.05) is 0 Å². The van der Waals surface area contributed by atoms with Crippen molar-refractivity contribution in [1.82, 2.24) is 9.97 Å². The number of carboxylic acid groups (broad SMARTS) is 1. The number of rotatable bonds is 2. The molecular formula is C11H15N3O4. The third-order valence-corrected chi connectivity index (χ3v) is 1.82. The van der Waals surface area contributed by atoms with Gasteiger partial charge in [0.2, 0.25) is 5.95 Å². The van der Waals surface area contributed by atoms with Crippen LogP contribution in [0.4, 0.5) is 10.7 Å². The van der Waals surface area contributed by atoms with Crippen molar-refractivity contribution in [1.29, 1.82) is 0 Å². The molecule has 0 fully saturated rings. The van der Waals surface area contributed by atoms with Gasteiger partial charge in [-0.15, -0.1) is 0 Å². The third-order valence-electron chi connectivity index (χ3n) is 1.82. The number of hydrogen-bond acceptors (Lipinski definition) is 5. The van der Waals surface area contributed by atoms with E-state index in [4.69, 9.17) is 9.84 Å². The van der Waals surface area contributed by atoms with E-state index in [1.165, 1.54) is 6.92 Å². The van der Waals surface area contributed by atoms with E-state index >= 15 is 0 Å². The number of anilines is 1. The molecule has 0 aliphatic heterocycles. The number of aromatic nitrogens is 2. The molecule has 18 heavy (non-hydrogen) atoms. The molecule has 1 aromatic rings. The maximum atomic E-state index is 11.4. The molecule has 1 rings (SSSR count). The highest BCUT2D eigenvalue weighted by Crippen LogP contribution is 2.10. The molecular weight excluding hydrogens is 238 g/mol.